The summed E-state index contributed by atoms with van der Waals surface area (Å²) in [6.07, 6.45) is 7.37. The molecule has 138 valence electrons. The minimum atomic E-state index is -0.503. The lowest BCUT2D eigenvalue weighted by molar-refractivity contribution is -0.136. The lowest BCUT2D eigenvalue weighted by Gasteiger charge is -2.37. The van der Waals surface area contributed by atoms with Crippen molar-refractivity contribution in [1.29, 1.82) is 0 Å². The molecule has 3 rings (SSSR count). The van der Waals surface area contributed by atoms with E-state index in [-0.39, 0.29) is 11.9 Å². The number of likely N-dealkylation sites (tertiary alicyclic amines) is 1. The van der Waals surface area contributed by atoms with E-state index in [0.717, 1.165) is 36.9 Å². The average molecular weight is 351 g/mol. The number of carbonyl (C=O) groups is 1. The maximum atomic E-state index is 13.0. The molecule has 1 amide bonds. The molecule has 0 spiro atoms. The molecule has 4 nitrogen and oxygen atoms in total. The molecule has 1 aliphatic rings. The van der Waals surface area contributed by atoms with Crippen molar-refractivity contribution in [2.75, 3.05) is 6.54 Å². The van der Waals surface area contributed by atoms with Gasteiger partial charge in [-0.2, -0.15) is 0 Å². The van der Waals surface area contributed by atoms with E-state index in [2.05, 4.69) is 49.2 Å². The van der Waals surface area contributed by atoms with Crippen LogP contribution in [0.3, 0.4) is 0 Å². The smallest absolute Gasteiger partial charge is 0.240 e. The van der Waals surface area contributed by atoms with Gasteiger partial charge >= 0.3 is 0 Å². The molecule has 0 aliphatic carbocycles. The molecule has 1 aromatic heterocycles. The first-order valence-corrected chi connectivity index (χ1v) is 9.61. The van der Waals surface area contributed by atoms with E-state index in [4.69, 9.17) is 5.73 Å². The number of nitrogens with two attached hydrogens (primary N) is 1. The Morgan fingerprint density at radius 2 is 2.00 bits per heavy atom. The van der Waals surface area contributed by atoms with Gasteiger partial charge in [0.25, 0.3) is 0 Å². The largest absolute Gasteiger partial charge is 0.334 e. The predicted octanol–water partition coefficient (Wildman–Crippen LogP) is 3.83. The van der Waals surface area contributed by atoms with Gasteiger partial charge in [-0.1, -0.05) is 44.2 Å². The van der Waals surface area contributed by atoms with E-state index in [1.54, 1.807) is 6.20 Å². The Kier molecular flexibility index (Phi) is 6.04. The maximum absolute atomic E-state index is 13.0. The first-order valence-electron chi connectivity index (χ1n) is 9.61. The van der Waals surface area contributed by atoms with Gasteiger partial charge in [0.1, 0.15) is 0 Å². The summed E-state index contributed by atoms with van der Waals surface area (Å²) in [4.78, 5) is 19.2. The van der Waals surface area contributed by atoms with Gasteiger partial charge in [0.05, 0.1) is 12.1 Å². The second-order valence-corrected chi connectivity index (χ2v) is 7.54. The van der Waals surface area contributed by atoms with Crippen LogP contribution in [0.4, 0.5) is 0 Å². The lowest BCUT2D eigenvalue weighted by Crippen LogP contribution is -2.48. The minimum Gasteiger partial charge on any atom is -0.334 e. The van der Waals surface area contributed by atoms with E-state index in [9.17, 15) is 4.79 Å². The summed E-state index contributed by atoms with van der Waals surface area (Å²) in [5.74, 6) is 0.555. The highest BCUT2D eigenvalue weighted by molar-refractivity contribution is 5.82. The Morgan fingerprint density at radius 1 is 1.23 bits per heavy atom. The van der Waals surface area contributed by atoms with E-state index in [1.807, 2.05) is 17.2 Å². The number of aromatic nitrogens is 1. The number of benzene rings is 1. The van der Waals surface area contributed by atoms with E-state index in [1.165, 1.54) is 5.56 Å². The molecule has 1 saturated heterocycles. The zero-order valence-corrected chi connectivity index (χ0v) is 15.8. The Balaban J connectivity index is 1.69. The SMILES string of the molecule is CC(C)c1ccc(CC(N)C(=O)N2CCCC[C@@H]2c2cccnc2)cc1. The number of nitrogens with zero attached hydrogens (tertiary/aromatic N) is 2. The fraction of sp³-hybridized carbons (Fsp3) is 0.455. The molecule has 1 unspecified atom stereocenters. The highest BCUT2D eigenvalue weighted by Crippen LogP contribution is 2.31. The van der Waals surface area contributed by atoms with Gasteiger partial charge in [-0.25, -0.2) is 0 Å². The Labute approximate surface area is 156 Å². The fourth-order valence-electron chi connectivity index (χ4n) is 3.71. The van der Waals surface area contributed by atoms with Crippen molar-refractivity contribution in [2.24, 2.45) is 5.73 Å². The second kappa shape index (κ2) is 8.45. The highest BCUT2D eigenvalue weighted by atomic mass is 16.2. The van der Waals surface area contributed by atoms with Crippen LogP contribution in [-0.4, -0.2) is 28.4 Å². The molecular weight excluding hydrogens is 322 g/mol. The summed E-state index contributed by atoms with van der Waals surface area (Å²) in [6.45, 7) is 5.14. The maximum Gasteiger partial charge on any atom is 0.240 e. The molecule has 2 atom stereocenters. The molecule has 0 bridgehead atoms. The van der Waals surface area contributed by atoms with Crippen molar-refractivity contribution in [3.63, 3.8) is 0 Å². The highest BCUT2D eigenvalue weighted by Gasteiger charge is 2.31. The van der Waals surface area contributed by atoms with Crippen molar-refractivity contribution in [3.8, 4) is 0 Å². The average Bonchev–Trinajstić information content (AvgIpc) is 2.68. The zero-order chi connectivity index (χ0) is 18.5. The molecule has 4 heteroatoms. The summed E-state index contributed by atoms with van der Waals surface area (Å²) < 4.78 is 0. The molecule has 26 heavy (non-hydrogen) atoms. The van der Waals surface area contributed by atoms with Crippen molar-refractivity contribution >= 4 is 5.91 Å². The molecule has 2 aromatic rings. The molecule has 0 saturated carbocycles. The van der Waals surface area contributed by atoms with Crippen LogP contribution in [0, 0.1) is 0 Å². The molecule has 2 N–H and O–H groups in total. The monoisotopic (exact) mass is 351 g/mol. The van der Waals surface area contributed by atoms with Crippen LogP contribution < -0.4 is 5.73 Å². The molecule has 1 fully saturated rings. The van der Waals surface area contributed by atoms with Gasteiger partial charge in [-0.05, 0) is 54.4 Å². The van der Waals surface area contributed by atoms with Gasteiger partial charge in [0, 0.05) is 18.9 Å². The summed E-state index contributed by atoms with van der Waals surface area (Å²) in [6, 6.07) is 12.0. The van der Waals surface area contributed by atoms with E-state index < -0.39 is 6.04 Å². The number of hydrogen-bond donors (Lipinski definition) is 1. The van der Waals surface area contributed by atoms with Crippen LogP contribution >= 0.6 is 0 Å². The minimum absolute atomic E-state index is 0.0477. The molecular formula is C22H29N3O. The third-order valence-corrected chi connectivity index (χ3v) is 5.27. The van der Waals surface area contributed by atoms with Crippen molar-refractivity contribution in [1.82, 2.24) is 9.88 Å². The van der Waals surface area contributed by atoms with Crippen LogP contribution in [0.2, 0.25) is 0 Å². The standard InChI is InChI=1S/C22H29N3O/c1-16(2)18-10-8-17(9-11-18)14-20(23)22(26)25-13-4-3-7-21(25)19-6-5-12-24-15-19/h5-6,8-12,15-16,20-21H,3-4,7,13-14,23H2,1-2H3/t20?,21-/m1/s1. The van der Waals surface area contributed by atoms with Crippen LogP contribution in [0.15, 0.2) is 48.8 Å². The molecule has 0 radical (unpaired) electrons. The summed E-state index contributed by atoms with van der Waals surface area (Å²) >= 11 is 0. The van der Waals surface area contributed by atoms with Crippen LogP contribution in [0.25, 0.3) is 0 Å². The third kappa shape index (κ3) is 4.31. The van der Waals surface area contributed by atoms with E-state index in [0.29, 0.717) is 12.3 Å². The summed E-state index contributed by atoms with van der Waals surface area (Å²) in [5, 5.41) is 0. The zero-order valence-electron chi connectivity index (χ0n) is 15.8. The topological polar surface area (TPSA) is 59.2 Å². The van der Waals surface area contributed by atoms with Crippen LogP contribution in [0.5, 0.6) is 0 Å². The molecule has 1 aliphatic heterocycles. The number of rotatable bonds is 5. The van der Waals surface area contributed by atoms with E-state index >= 15 is 0 Å². The first-order chi connectivity index (χ1) is 12.6. The number of amides is 1. The van der Waals surface area contributed by atoms with Crippen LogP contribution in [0.1, 0.15) is 61.8 Å². The fourth-order valence-corrected chi connectivity index (χ4v) is 3.71. The molecule has 2 heterocycles. The van der Waals surface area contributed by atoms with Crippen LogP contribution in [-0.2, 0) is 11.2 Å². The van der Waals surface area contributed by atoms with Gasteiger partial charge in [0.2, 0.25) is 5.91 Å². The number of pyridine rings is 1. The first kappa shape index (κ1) is 18.6. The Morgan fingerprint density at radius 3 is 2.65 bits per heavy atom. The lowest BCUT2D eigenvalue weighted by atomic mass is 9.94. The number of piperidine rings is 1. The quantitative estimate of drug-likeness (QED) is 0.890. The van der Waals surface area contributed by atoms with Gasteiger partial charge in [-0.15, -0.1) is 0 Å². The third-order valence-electron chi connectivity index (χ3n) is 5.27. The van der Waals surface area contributed by atoms with Crippen molar-refractivity contribution in [3.05, 3.63) is 65.5 Å². The predicted molar refractivity (Wildman–Crippen MR) is 105 cm³/mol. The second-order valence-electron chi connectivity index (χ2n) is 7.54. The van der Waals surface area contributed by atoms with Crippen molar-refractivity contribution < 1.29 is 4.79 Å². The number of hydrogen-bond acceptors (Lipinski definition) is 3. The Hall–Kier alpha value is -2.20. The number of carbonyl (C=O) groups excluding carboxylic acids is 1. The summed E-state index contributed by atoms with van der Waals surface area (Å²) in [7, 11) is 0. The van der Waals surface area contributed by atoms with Gasteiger partial charge in [0.15, 0.2) is 0 Å². The summed E-state index contributed by atoms with van der Waals surface area (Å²) in [5.41, 5.74) is 9.84. The molecule has 1 aromatic carbocycles. The normalized spacial score (nSPS) is 18.8. The Bertz CT molecular complexity index is 712. The van der Waals surface area contributed by atoms with Gasteiger partial charge in [-0.3, -0.25) is 9.78 Å². The van der Waals surface area contributed by atoms with Crippen molar-refractivity contribution in [2.45, 2.75) is 57.5 Å². The van der Waals surface area contributed by atoms with Gasteiger partial charge < -0.3 is 10.6 Å².